The van der Waals surface area contributed by atoms with Gasteiger partial charge in [-0.2, -0.15) is 13.0 Å². The number of halogens is 1. The molecule has 0 aliphatic carbocycles. The maximum absolute atomic E-state index is 14.9. The Labute approximate surface area is 245 Å². The summed E-state index contributed by atoms with van der Waals surface area (Å²) in [5.74, 6) is -0.126. The van der Waals surface area contributed by atoms with Crippen molar-refractivity contribution >= 4 is 21.8 Å². The van der Waals surface area contributed by atoms with Crippen molar-refractivity contribution in [3.05, 3.63) is 108 Å². The van der Waals surface area contributed by atoms with Crippen LogP contribution in [0.3, 0.4) is 0 Å². The third kappa shape index (κ3) is 7.57. The minimum Gasteiger partial charge on any atom is -0.491 e. The number of nitrogens with one attached hydrogen (secondary N) is 1. The lowest BCUT2D eigenvalue weighted by Gasteiger charge is -2.09. The van der Waals surface area contributed by atoms with E-state index in [0.29, 0.717) is 49.2 Å². The molecule has 218 valence electrons. The van der Waals surface area contributed by atoms with Crippen molar-refractivity contribution in [1.82, 2.24) is 4.98 Å². The van der Waals surface area contributed by atoms with Crippen LogP contribution < -0.4 is 14.6 Å². The molecule has 0 radical (unpaired) electrons. The smallest absolute Gasteiger partial charge is 0.359 e. The third-order valence-corrected chi connectivity index (χ3v) is 7.95. The molecule has 10 heteroatoms. The highest BCUT2D eigenvalue weighted by Gasteiger charge is 2.41. The Kier molecular flexibility index (Phi) is 9.24. The predicted molar refractivity (Wildman–Crippen MR) is 158 cm³/mol. The molecule has 0 fully saturated rings. The third-order valence-electron chi connectivity index (χ3n) is 7.14. The van der Waals surface area contributed by atoms with Crippen LogP contribution in [0.2, 0.25) is 0 Å². The number of fused-ring (bicyclic) bond motifs is 1. The van der Waals surface area contributed by atoms with E-state index in [9.17, 15) is 17.6 Å². The van der Waals surface area contributed by atoms with Crippen molar-refractivity contribution in [3.63, 3.8) is 0 Å². The second-order valence-corrected chi connectivity index (χ2v) is 11.9. The molecule has 4 aromatic rings. The second-order valence-electron chi connectivity index (χ2n) is 10.4. The molecule has 8 nitrogen and oxygen atoms in total. The quantitative estimate of drug-likeness (QED) is 0.124. The molecule has 0 saturated heterocycles. The normalized spacial score (nSPS) is 14.4. The van der Waals surface area contributed by atoms with Crippen LogP contribution in [-0.4, -0.2) is 42.3 Å². The van der Waals surface area contributed by atoms with Gasteiger partial charge in [-0.3, -0.25) is 9.87 Å². The molecule has 0 spiro atoms. The first-order chi connectivity index (χ1) is 20.3. The highest BCUT2D eigenvalue weighted by atomic mass is 32.2. The number of benzene rings is 3. The van der Waals surface area contributed by atoms with Gasteiger partial charge in [-0.25, -0.2) is 14.2 Å². The topological polar surface area (TPSA) is 109 Å². The van der Waals surface area contributed by atoms with E-state index < -0.39 is 22.0 Å². The lowest BCUT2D eigenvalue weighted by molar-refractivity contribution is -0.552. The Morgan fingerprint density at radius 1 is 0.929 bits per heavy atom. The van der Waals surface area contributed by atoms with Gasteiger partial charge in [0.1, 0.15) is 17.6 Å². The van der Waals surface area contributed by atoms with Crippen LogP contribution in [-0.2, 0) is 23.0 Å². The van der Waals surface area contributed by atoms with Gasteiger partial charge >= 0.3 is 11.7 Å². The molecule has 2 N–H and O–H groups in total. The van der Waals surface area contributed by atoms with E-state index >= 15 is 0 Å². The zero-order valence-electron chi connectivity index (χ0n) is 23.1. The number of nitrogens with zero attached hydrogens (tertiary/aromatic N) is 2. The van der Waals surface area contributed by atoms with Gasteiger partial charge in [0.15, 0.2) is 17.6 Å². The van der Waals surface area contributed by atoms with Gasteiger partial charge in [0.25, 0.3) is 10.1 Å². The average Bonchev–Trinajstić information content (AvgIpc) is 3.29. The molecule has 5 rings (SSSR count). The van der Waals surface area contributed by atoms with Gasteiger partial charge in [0, 0.05) is 18.4 Å². The minimum atomic E-state index is -3.94. The number of unbranched alkanes of at least 4 members (excludes halogenated alkanes) is 3. The molecular weight excluding hydrogens is 557 g/mol. The molecule has 42 heavy (non-hydrogen) atoms. The van der Waals surface area contributed by atoms with Crippen molar-refractivity contribution < 1.29 is 31.5 Å². The lowest BCUT2D eigenvalue weighted by atomic mass is 10.1. The van der Waals surface area contributed by atoms with Gasteiger partial charge in [-0.05, 0) is 36.1 Å². The molecule has 0 bridgehead atoms. The van der Waals surface area contributed by atoms with Crippen LogP contribution in [0, 0.1) is 5.82 Å². The van der Waals surface area contributed by atoms with Crippen molar-refractivity contribution in [3.8, 4) is 17.0 Å². The Morgan fingerprint density at radius 2 is 1.64 bits per heavy atom. The predicted octanol–water partition coefficient (Wildman–Crippen LogP) is 5.27. The Balaban J connectivity index is 1.25. The summed E-state index contributed by atoms with van der Waals surface area (Å²) in [7, 11) is -3.94. The molecule has 2 heterocycles. The van der Waals surface area contributed by atoms with Gasteiger partial charge in [0.05, 0.1) is 12.4 Å². The van der Waals surface area contributed by atoms with E-state index in [4.69, 9.17) is 14.3 Å². The summed E-state index contributed by atoms with van der Waals surface area (Å²) >= 11 is 0. The molecular formula is C32H33FN3O5S+. The van der Waals surface area contributed by atoms with Crippen LogP contribution in [0.15, 0.2) is 85.1 Å². The van der Waals surface area contributed by atoms with E-state index in [2.05, 4.69) is 5.32 Å². The number of anilines is 1. The molecule has 1 aromatic heterocycles. The fraction of sp³-hybridized carbons (Fsp3) is 0.281. The zero-order chi connectivity index (χ0) is 29.5. The summed E-state index contributed by atoms with van der Waals surface area (Å²) in [6.07, 6.45) is 4.93. The van der Waals surface area contributed by atoms with Crippen LogP contribution in [0.1, 0.15) is 47.3 Å². The molecule has 0 saturated carbocycles. The van der Waals surface area contributed by atoms with Gasteiger partial charge in [0.2, 0.25) is 0 Å². The SMILES string of the molecule is O=C1C(Cc2ccc(OCCCCCCS(=O)(=O)O)c(F)c2)Nc2c(Cc3ccccc3)nc(-c3ccccc3)c[n+]21. The van der Waals surface area contributed by atoms with Crippen LogP contribution >= 0.6 is 0 Å². The van der Waals surface area contributed by atoms with Crippen molar-refractivity contribution in [2.45, 2.75) is 44.6 Å². The largest absolute Gasteiger partial charge is 0.491 e. The minimum absolute atomic E-state index is 0.127. The highest BCUT2D eigenvalue weighted by Crippen LogP contribution is 2.26. The monoisotopic (exact) mass is 590 g/mol. The van der Waals surface area contributed by atoms with Crippen LogP contribution in [0.4, 0.5) is 10.2 Å². The van der Waals surface area contributed by atoms with E-state index in [-0.39, 0.29) is 30.4 Å². The summed E-state index contributed by atoms with van der Waals surface area (Å²) in [4.78, 5) is 18.5. The maximum Gasteiger partial charge on any atom is 0.359 e. The van der Waals surface area contributed by atoms with Crippen molar-refractivity contribution in [1.29, 1.82) is 0 Å². The average molecular weight is 591 g/mol. The van der Waals surface area contributed by atoms with Crippen LogP contribution in [0.25, 0.3) is 11.3 Å². The molecule has 1 unspecified atom stereocenters. The summed E-state index contributed by atoms with van der Waals surface area (Å²) in [6.45, 7) is 0.289. The Morgan fingerprint density at radius 3 is 2.36 bits per heavy atom. The van der Waals surface area contributed by atoms with E-state index in [1.54, 1.807) is 22.9 Å². The first kappa shape index (κ1) is 29.3. The highest BCUT2D eigenvalue weighted by molar-refractivity contribution is 7.85. The fourth-order valence-electron chi connectivity index (χ4n) is 5.02. The molecule has 1 atom stereocenters. The van der Waals surface area contributed by atoms with Crippen LogP contribution in [0.5, 0.6) is 5.75 Å². The summed E-state index contributed by atoms with van der Waals surface area (Å²) in [6, 6.07) is 23.8. The van der Waals surface area contributed by atoms with Gasteiger partial charge < -0.3 is 4.74 Å². The standard InChI is InChI=1S/C32H32FN3O5S/c33-26-19-24(15-16-30(26)41-17-9-1-2-10-18-42(38,39)40)21-28-32(37)36-22-29(25-13-7-4-8-14-25)34-27(31(36)35-28)20-23-11-5-3-6-12-23/h3-8,11-16,19,22,28H,1-2,9-10,17-18,20-21H2,(H,38,39,40)/p+1. The lowest BCUT2D eigenvalue weighted by Crippen LogP contribution is -2.44. The summed E-state index contributed by atoms with van der Waals surface area (Å²) in [5, 5.41) is 3.35. The molecule has 0 amide bonds. The second kappa shape index (κ2) is 13.2. The number of carbonyl (C=O) groups excluding carboxylic acids is 1. The maximum atomic E-state index is 14.9. The van der Waals surface area contributed by atoms with Crippen molar-refractivity contribution in [2.24, 2.45) is 0 Å². The number of rotatable bonds is 13. The molecule has 1 aliphatic rings. The summed E-state index contributed by atoms with van der Waals surface area (Å²) in [5.41, 5.74) is 4.10. The first-order valence-electron chi connectivity index (χ1n) is 14.0. The van der Waals surface area contributed by atoms with Gasteiger partial charge in [-0.1, -0.05) is 79.6 Å². The van der Waals surface area contributed by atoms with E-state index in [1.807, 2.05) is 60.7 Å². The number of hydrogen-bond acceptors (Lipinski definition) is 6. The number of hydrogen-bond donors (Lipinski definition) is 2. The van der Waals surface area contributed by atoms with E-state index in [0.717, 1.165) is 16.8 Å². The molecule has 3 aromatic carbocycles. The first-order valence-corrected chi connectivity index (χ1v) is 15.6. The van der Waals surface area contributed by atoms with E-state index in [1.165, 1.54) is 6.07 Å². The number of ether oxygens (including phenoxy) is 1. The molecule has 1 aliphatic heterocycles. The number of aromatic nitrogens is 2. The Hall–Kier alpha value is -4.15. The Bertz CT molecular complexity index is 1650. The zero-order valence-corrected chi connectivity index (χ0v) is 23.9. The fourth-order valence-corrected chi connectivity index (χ4v) is 5.59. The summed E-state index contributed by atoms with van der Waals surface area (Å²) < 4.78 is 52.4. The van der Waals surface area contributed by atoms with Gasteiger partial charge in [-0.15, -0.1) is 0 Å². The van der Waals surface area contributed by atoms with Crippen molar-refractivity contribution in [2.75, 3.05) is 17.7 Å². The number of carbonyl (C=O) groups is 1.